The summed E-state index contributed by atoms with van der Waals surface area (Å²) >= 11 is 0. The van der Waals surface area contributed by atoms with Crippen molar-refractivity contribution in [2.24, 2.45) is 0 Å². The van der Waals surface area contributed by atoms with Crippen LogP contribution in [0.3, 0.4) is 0 Å². The fraction of sp³-hybridized carbons (Fsp3) is 1.00. The highest BCUT2D eigenvalue weighted by Crippen LogP contribution is 2.01. The van der Waals surface area contributed by atoms with Crippen molar-refractivity contribution in [1.82, 2.24) is 0 Å². The minimum Gasteiger partial charge on any atom is -0.394 e. The maximum atomic E-state index is 9.05. The maximum Gasteiger partial charge on any atom is 0.108 e. The van der Waals surface area contributed by atoms with E-state index in [1.165, 1.54) is 14.0 Å². The van der Waals surface area contributed by atoms with E-state index in [1.807, 2.05) is 0 Å². The van der Waals surface area contributed by atoms with Crippen molar-refractivity contribution in [2.45, 2.75) is 25.2 Å². The molecule has 0 saturated heterocycles. The molecule has 0 aromatic carbocycles. The van der Waals surface area contributed by atoms with E-state index in [0.717, 1.165) is 0 Å². The summed E-state index contributed by atoms with van der Waals surface area (Å²) in [6.07, 6.45) is -2.59. The van der Waals surface area contributed by atoms with Gasteiger partial charge in [0, 0.05) is 7.11 Å². The lowest BCUT2D eigenvalue weighted by atomic mass is 10.1. The van der Waals surface area contributed by atoms with Crippen LogP contribution >= 0.6 is 0 Å². The maximum absolute atomic E-state index is 9.05. The average molecular weight is 150 g/mol. The zero-order chi connectivity index (χ0) is 8.15. The Morgan fingerprint density at radius 3 is 2.00 bits per heavy atom. The number of hydrogen-bond acceptors (Lipinski definition) is 4. The molecule has 0 bridgehead atoms. The van der Waals surface area contributed by atoms with Gasteiger partial charge in [-0.1, -0.05) is 0 Å². The van der Waals surface area contributed by atoms with Crippen LogP contribution in [-0.4, -0.2) is 47.3 Å². The first-order valence-electron chi connectivity index (χ1n) is 3.13. The summed E-state index contributed by atoms with van der Waals surface area (Å²) in [6.45, 7) is 1.15. The van der Waals surface area contributed by atoms with Gasteiger partial charge in [-0.05, 0) is 6.92 Å². The van der Waals surface area contributed by atoms with Gasteiger partial charge in [-0.3, -0.25) is 0 Å². The number of hydrogen-bond donors (Lipinski definition) is 3. The van der Waals surface area contributed by atoms with Crippen LogP contribution in [0.1, 0.15) is 6.92 Å². The third kappa shape index (κ3) is 2.62. The van der Waals surface area contributed by atoms with Crippen LogP contribution < -0.4 is 0 Å². The summed E-state index contributed by atoms with van der Waals surface area (Å²) in [6, 6.07) is 0. The second kappa shape index (κ2) is 4.62. The summed E-state index contributed by atoms with van der Waals surface area (Å²) in [4.78, 5) is 0. The van der Waals surface area contributed by atoms with Gasteiger partial charge in [0.25, 0.3) is 0 Å². The van der Waals surface area contributed by atoms with Gasteiger partial charge in [0.1, 0.15) is 12.2 Å². The minimum absolute atomic E-state index is 0.289. The fourth-order valence-electron chi connectivity index (χ4n) is 0.633. The molecule has 0 fully saturated rings. The van der Waals surface area contributed by atoms with Gasteiger partial charge in [-0.25, -0.2) is 0 Å². The second-order valence-corrected chi connectivity index (χ2v) is 2.19. The molecule has 3 atom stereocenters. The van der Waals surface area contributed by atoms with Gasteiger partial charge in [0.2, 0.25) is 0 Å². The highest BCUT2D eigenvalue weighted by Gasteiger charge is 2.21. The summed E-state index contributed by atoms with van der Waals surface area (Å²) in [5.41, 5.74) is 0. The number of ether oxygens (including phenoxy) is 1. The van der Waals surface area contributed by atoms with Crippen molar-refractivity contribution in [1.29, 1.82) is 0 Å². The highest BCUT2D eigenvalue weighted by molar-refractivity contribution is 4.71. The number of rotatable bonds is 4. The van der Waals surface area contributed by atoms with E-state index in [1.54, 1.807) is 0 Å². The molecule has 0 spiro atoms. The van der Waals surface area contributed by atoms with E-state index in [4.69, 9.17) is 15.3 Å². The zero-order valence-electron chi connectivity index (χ0n) is 6.19. The lowest BCUT2D eigenvalue weighted by Gasteiger charge is -2.21. The van der Waals surface area contributed by atoms with Crippen molar-refractivity contribution in [2.75, 3.05) is 13.7 Å². The summed E-state index contributed by atoms with van der Waals surface area (Å²) in [7, 11) is 1.37. The van der Waals surface area contributed by atoms with Crippen LogP contribution in [0.4, 0.5) is 0 Å². The molecule has 62 valence electrons. The fourth-order valence-corrected chi connectivity index (χ4v) is 0.633. The van der Waals surface area contributed by atoms with Crippen molar-refractivity contribution in [3.8, 4) is 0 Å². The molecule has 0 aromatic heterocycles. The Bertz CT molecular complexity index is 79.8. The molecule has 0 radical (unpaired) electrons. The molecular formula is C6H14O4. The third-order valence-corrected chi connectivity index (χ3v) is 1.36. The Morgan fingerprint density at radius 2 is 1.90 bits per heavy atom. The largest absolute Gasteiger partial charge is 0.394 e. The predicted molar refractivity (Wildman–Crippen MR) is 35.6 cm³/mol. The lowest BCUT2D eigenvalue weighted by molar-refractivity contribution is -0.0870. The first-order valence-corrected chi connectivity index (χ1v) is 3.13. The zero-order valence-corrected chi connectivity index (χ0v) is 6.19. The van der Waals surface area contributed by atoms with E-state index >= 15 is 0 Å². The molecule has 4 heteroatoms. The Hall–Kier alpha value is -0.160. The molecule has 1 unspecified atom stereocenters. The van der Waals surface area contributed by atoms with E-state index < -0.39 is 18.3 Å². The normalized spacial score (nSPS) is 20.1. The Balaban J connectivity index is 3.76. The quantitative estimate of drug-likeness (QED) is 0.467. The van der Waals surface area contributed by atoms with Crippen LogP contribution in [0.5, 0.6) is 0 Å². The average Bonchev–Trinajstić information content (AvgIpc) is 1.90. The molecule has 0 saturated carbocycles. The van der Waals surface area contributed by atoms with Gasteiger partial charge >= 0.3 is 0 Å². The van der Waals surface area contributed by atoms with Crippen molar-refractivity contribution >= 4 is 0 Å². The molecule has 3 N–H and O–H groups in total. The number of aliphatic hydroxyl groups excluding tert-OH is 3. The number of aliphatic hydroxyl groups is 3. The smallest absolute Gasteiger partial charge is 0.108 e. The first kappa shape index (κ1) is 9.84. The SMILES string of the molecule is CO[C@H](CO)C(O)[C@@H](C)O. The highest BCUT2D eigenvalue weighted by atomic mass is 16.5. The second-order valence-electron chi connectivity index (χ2n) is 2.19. The lowest BCUT2D eigenvalue weighted by Crippen LogP contribution is -2.39. The van der Waals surface area contributed by atoms with Gasteiger partial charge in [0.15, 0.2) is 0 Å². The molecule has 0 aliphatic carbocycles. The van der Waals surface area contributed by atoms with Gasteiger partial charge < -0.3 is 20.1 Å². The molecule has 4 nitrogen and oxygen atoms in total. The van der Waals surface area contributed by atoms with E-state index in [0.29, 0.717) is 0 Å². The predicted octanol–water partition coefficient (Wildman–Crippen LogP) is -1.26. The van der Waals surface area contributed by atoms with Gasteiger partial charge in [0.05, 0.1) is 12.7 Å². The first-order chi connectivity index (χ1) is 4.63. The molecular weight excluding hydrogens is 136 g/mol. The molecule has 10 heavy (non-hydrogen) atoms. The van der Waals surface area contributed by atoms with Gasteiger partial charge in [-0.2, -0.15) is 0 Å². The summed E-state index contributed by atoms with van der Waals surface area (Å²) in [5, 5.41) is 26.4. The standard InChI is InChI=1S/C6H14O4/c1-4(8)6(9)5(3-7)10-2/h4-9H,3H2,1-2H3/t4-,5-,6?/m1/s1. The van der Waals surface area contributed by atoms with E-state index in [-0.39, 0.29) is 6.61 Å². The van der Waals surface area contributed by atoms with Crippen LogP contribution in [0.2, 0.25) is 0 Å². The van der Waals surface area contributed by atoms with Crippen molar-refractivity contribution in [3.05, 3.63) is 0 Å². The molecule has 0 aromatic rings. The van der Waals surface area contributed by atoms with Crippen LogP contribution in [0.25, 0.3) is 0 Å². The third-order valence-electron chi connectivity index (χ3n) is 1.36. The van der Waals surface area contributed by atoms with Crippen LogP contribution in [0, 0.1) is 0 Å². The Labute approximate surface area is 60.1 Å². The molecule has 0 heterocycles. The van der Waals surface area contributed by atoms with Crippen LogP contribution in [-0.2, 0) is 4.74 Å². The minimum atomic E-state index is -1.02. The summed E-state index contributed by atoms with van der Waals surface area (Å²) in [5.74, 6) is 0. The van der Waals surface area contributed by atoms with Crippen molar-refractivity contribution in [3.63, 3.8) is 0 Å². The Kier molecular flexibility index (Phi) is 4.55. The topological polar surface area (TPSA) is 69.9 Å². The summed E-state index contributed by atoms with van der Waals surface area (Å²) < 4.78 is 4.66. The Morgan fingerprint density at radius 1 is 1.40 bits per heavy atom. The van der Waals surface area contributed by atoms with Crippen LogP contribution in [0.15, 0.2) is 0 Å². The van der Waals surface area contributed by atoms with E-state index in [2.05, 4.69) is 4.74 Å². The van der Waals surface area contributed by atoms with Gasteiger partial charge in [-0.15, -0.1) is 0 Å². The monoisotopic (exact) mass is 150 g/mol. The van der Waals surface area contributed by atoms with E-state index in [9.17, 15) is 0 Å². The number of methoxy groups -OCH3 is 1. The molecule has 0 amide bonds. The van der Waals surface area contributed by atoms with Crippen molar-refractivity contribution < 1.29 is 20.1 Å². The molecule has 0 aliphatic rings. The molecule has 0 rings (SSSR count). The molecule has 0 aliphatic heterocycles.